The molecule has 0 fully saturated rings. The number of ether oxygens (including phenoxy) is 3. The zero-order valence-corrected chi connectivity index (χ0v) is 30.9. The number of unbranched alkanes of at least 4 members (excludes halogenated alkanes) is 25. The first-order valence-corrected chi connectivity index (χ1v) is 20.0. The predicted molar refractivity (Wildman–Crippen MR) is 192 cm³/mol. The number of hydrogen-bond donors (Lipinski definition) is 0. The molecule has 0 aromatic carbocycles. The Kier molecular flexibility index (Phi) is 35.0. The van der Waals surface area contributed by atoms with Gasteiger partial charge in [0.15, 0.2) is 6.10 Å². The van der Waals surface area contributed by atoms with E-state index in [1.54, 1.807) is 0 Å². The second-order valence-electron chi connectivity index (χ2n) is 13.6. The van der Waals surface area contributed by atoms with Crippen LogP contribution in [0.15, 0.2) is 0 Å². The summed E-state index contributed by atoms with van der Waals surface area (Å²) in [5, 5.41) is 0. The van der Waals surface area contributed by atoms with Gasteiger partial charge >= 0.3 is 17.9 Å². The van der Waals surface area contributed by atoms with Crippen molar-refractivity contribution in [2.45, 2.75) is 226 Å². The summed E-state index contributed by atoms with van der Waals surface area (Å²) >= 11 is 0. The van der Waals surface area contributed by atoms with E-state index >= 15 is 0 Å². The van der Waals surface area contributed by atoms with Crippen molar-refractivity contribution in [1.82, 2.24) is 0 Å². The molecule has 0 radical (unpaired) electrons. The fourth-order valence-electron chi connectivity index (χ4n) is 5.79. The lowest BCUT2D eigenvalue weighted by molar-refractivity contribution is -0.167. The fraction of sp³-hybridized carbons (Fsp3) is 0.925. The molecule has 0 heterocycles. The Morgan fingerprint density at radius 3 is 0.870 bits per heavy atom. The Morgan fingerprint density at radius 1 is 0.348 bits per heavy atom. The highest BCUT2D eigenvalue weighted by Crippen LogP contribution is 2.15. The quantitative estimate of drug-likeness (QED) is 0.0381. The highest BCUT2D eigenvalue weighted by atomic mass is 16.6. The molecule has 0 aliphatic carbocycles. The van der Waals surface area contributed by atoms with E-state index < -0.39 is 6.10 Å². The molecule has 0 bridgehead atoms. The van der Waals surface area contributed by atoms with Gasteiger partial charge in [0.05, 0.1) is 0 Å². The number of rotatable bonds is 36. The fourth-order valence-corrected chi connectivity index (χ4v) is 5.79. The molecule has 0 saturated carbocycles. The van der Waals surface area contributed by atoms with Gasteiger partial charge in [-0.1, -0.05) is 181 Å². The van der Waals surface area contributed by atoms with E-state index in [1.807, 2.05) is 0 Å². The summed E-state index contributed by atoms with van der Waals surface area (Å²) in [6.45, 7) is 6.54. The predicted octanol–water partition coefficient (Wildman–Crippen LogP) is 12.1. The van der Waals surface area contributed by atoms with Gasteiger partial charge in [-0.3, -0.25) is 14.4 Å². The maximum atomic E-state index is 12.6. The highest BCUT2D eigenvalue weighted by Gasteiger charge is 2.19. The van der Waals surface area contributed by atoms with Gasteiger partial charge in [0.1, 0.15) is 13.2 Å². The lowest BCUT2D eigenvalue weighted by atomic mass is 10.0. The molecule has 0 aliphatic rings. The van der Waals surface area contributed by atoms with Crippen LogP contribution in [-0.4, -0.2) is 37.2 Å². The molecular formula is C40H76O6. The van der Waals surface area contributed by atoms with Crippen LogP contribution in [0.2, 0.25) is 0 Å². The Labute approximate surface area is 285 Å². The summed E-state index contributed by atoms with van der Waals surface area (Å²) in [5.41, 5.74) is 0. The van der Waals surface area contributed by atoms with Crippen molar-refractivity contribution in [3.63, 3.8) is 0 Å². The molecule has 6 heteroatoms. The molecule has 0 aromatic heterocycles. The number of carbonyl (C=O) groups excluding carboxylic acids is 3. The standard InChI is InChI=1S/C40H76O6/c1-4-7-10-13-15-17-19-21-22-24-27-30-33-39(42)45-36-37(35-44-38(41)32-29-26-12-9-6-3)46-40(43)34-31-28-25-23-20-18-16-14-11-8-5-2/h37H,4-36H2,1-3H3. The van der Waals surface area contributed by atoms with Gasteiger partial charge in [0.2, 0.25) is 0 Å². The monoisotopic (exact) mass is 653 g/mol. The lowest BCUT2D eigenvalue weighted by Crippen LogP contribution is -2.30. The van der Waals surface area contributed by atoms with Gasteiger partial charge in [-0.05, 0) is 19.3 Å². The van der Waals surface area contributed by atoms with Crippen LogP contribution in [0.1, 0.15) is 220 Å². The van der Waals surface area contributed by atoms with E-state index in [0.717, 1.165) is 64.2 Å². The van der Waals surface area contributed by atoms with Crippen LogP contribution in [0, 0.1) is 0 Å². The van der Waals surface area contributed by atoms with Crippen LogP contribution in [0.3, 0.4) is 0 Å². The molecule has 0 aromatic rings. The van der Waals surface area contributed by atoms with Crippen molar-refractivity contribution >= 4 is 17.9 Å². The zero-order chi connectivity index (χ0) is 33.8. The first-order valence-electron chi connectivity index (χ1n) is 20.0. The van der Waals surface area contributed by atoms with Gasteiger partial charge in [-0.2, -0.15) is 0 Å². The van der Waals surface area contributed by atoms with Crippen molar-refractivity contribution < 1.29 is 28.6 Å². The van der Waals surface area contributed by atoms with Crippen LogP contribution in [0.5, 0.6) is 0 Å². The Morgan fingerprint density at radius 2 is 0.587 bits per heavy atom. The van der Waals surface area contributed by atoms with Crippen LogP contribution in [0.4, 0.5) is 0 Å². The van der Waals surface area contributed by atoms with E-state index in [1.165, 1.54) is 116 Å². The van der Waals surface area contributed by atoms with E-state index in [9.17, 15) is 14.4 Å². The molecule has 272 valence electrons. The molecule has 0 aliphatic heterocycles. The third kappa shape index (κ3) is 33.8. The van der Waals surface area contributed by atoms with Crippen molar-refractivity contribution in [2.75, 3.05) is 13.2 Å². The Hall–Kier alpha value is -1.59. The highest BCUT2D eigenvalue weighted by molar-refractivity contribution is 5.71. The summed E-state index contributed by atoms with van der Waals surface area (Å²) in [5.74, 6) is -0.875. The van der Waals surface area contributed by atoms with Crippen molar-refractivity contribution in [2.24, 2.45) is 0 Å². The second-order valence-corrected chi connectivity index (χ2v) is 13.6. The molecular weight excluding hydrogens is 576 g/mol. The van der Waals surface area contributed by atoms with E-state index in [2.05, 4.69) is 20.8 Å². The molecule has 0 N–H and O–H groups in total. The first-order chi connectivity index (χ1) is 22.5. The largest absolute Gasteiger partial charge is 0.462 e. The van der Waals surface area contributed by atoms with Crippen molar-refractivity contribution in [3.05, 3.63) is 0 Å². The first kappa shape index (κ1) is 44.4. The number of hydrogen-bond acceptors (Lipinski definition) is 6. The normalized spacial score (nSPS) is 11.8. The summed E-state index contributed by atoms with van der Waals surface area (Å²) in [6, 6.07) is 0. The van der Waals surface area contributed by atoms with Crippen molar-refractivity contribution in [3.8, 4) is 0 Å². The van der Waals surface area contributed by atoms with Gasteiger partial charge in [0.25, 0.3) is 0 Å². The van der Waals surface area contributed by atoms with Crippen LogP contribution in [0.25, 0.3) is 0 Å². The average Bonchev–Trinajstić information content (AvgIpc) is 3.05. The van der Waals surface area contributed by atoms with Crippen LogP contribution in [-0.2, 0) is 28.6 Å². The van der Waals surface area contributed by atoms with Gasteiger partial charge in [0, 0.05) is 19.3 Å². The minimum Gasteiger partial charge on any atom is -0.462 e. The molecule has 0 spiro atoms. The van der Waals surface area contributed by atoms with E-state index in [4.69, 9.17) is 14.2 Å². The average molecular weight is 653 g/mol. The third-order valence-electron chi connectivity index (χ3n) is 8.86. The van der Waals surface area contributed by atoms with E-state index in [-0.39, 0.29) is 31.1 Å². The smallest absolute Gasteiger partial charge is 0.306 e. The SMILES string of the molecule is CCCCCCCCCCCCCCC(=O)OCC(COC(=O)CCCCCCC)OC(=O)CCCCCCCCCCCCC. The third-order valence-corrected chi connectivity index (χ3v) is 8.86. The molecule has 0 rings (SSSR count). The molecule has 46 heavy (non-hydrogen) atoms. The lowest BCUT2D eigenvalue weighted by Gasteiger charge is -2.18. The maximum Gasteiger partial charge on any atom is 0.306 e. The van der Waals surface area contributed by atoms with E-state index in [0.29, 0.717) is 19.3 Å². The van der Waals surface area contributed by atoms with Gasteiger partial charge in [-0.15, -0.1) is 0 Å². The molecule has 0 saturated heterocycles. The summed E-state index contributed by atoms with van der Waals surface area (Å²) in [7, 11) is 0. The second kappa shape index (κ2) is 36.2. The summed E-state index contributed by atoms with van der Waals surface area (Å²) in [4.78, 5) is 37.2. The van der Waals surface area contributed by atoms with Crippen molar-refractivity contribution in [1.29, 1.82) is 0 Å². The van der Waals surface area contributed by atoms with Crippen LogP contribution < -0.4 is 0 Å². The zero-order valence-electron chi connectivity index (χ0n) is 30.9. The Balaban J connectivity index is 4.25. The molecule has 1 unspecified atom stereocenters. The number of carbonyl (C=O) groups is 3. The topological polar surface area (TPSA) is 78.9 Å². The summed E-state index contributed by atoms with van der Waals surface area (Å²) < 4.78 is 16.5. The minimum atomic E-state index is -0.754. The van der Waals surface area contributed by atoms with Gasteiger partial charge in [-0.25, -0.2) is 0 Å². The molecule has 0 amide bonds. The number of esters is 3. The maximum absolute atomic E-state index is 12.6. The van der Waals surface area contributed by atoms with Gasteiger partial charge < -0.3 is 14.2 Å². The summed E-state index contributed by atoms with van der Waals surface area (Å²) in [6.07, 6.45) is 33.9. The molecule has 6 nitrogen and oxygen atoms in total. The Bertz CT molecular complexity index is 679. The minimum absolute atomic E-state index is 0.0646. The molecule has 1 atom stereocenters. The van der Waals surface area contributed by atoms with Crippen LogP contribution >= 0.6 is 0 Å².